The van der Waals surface area contributed by atoms with E-state index in [9.17, 15) is 9.59 Å². The van der Waals surface area contributed by atoms with Crippen molar-refractivity contribution in [1.82, 2.24) is 4.98 Å². The summed E-state index contributed by atoms with van der Waals surface area (Å²) in [6.45, 7) is 1.85. The number of carbonyl (C=O) groups is 1. The zero-order chi connectivity index (χ0) is 12.4. The van der Waals surface area contributed by atoms with Gasteiger partial charge in [-0.15, -0.1) is 0 Å². The van der Waals surface area contributed by atoms with Crippen molar-refractivity contribution < 1.29 is 9.90 Å². The number of nitrogens with one attached hydrogen (secondary N) is 1. The molecule has 92 valence electrons. The lowest BCUT2D eigenvalue weighted by Gasteiger charge is -2.17. The molecule has 2 rings (SSSR count). The minimum absolute atomic E-state index is 0.0486. The van der Waals surface area contributed by atoms with Crippen LogP contribution in [0.25, 0.3) is 0 Å². The van der Waals surface area contributed by atoms with E-state index in [-0.39, 0.29) is 5.56 Å². The lowest BCUT2D eigenvalue weighted by atomic mass is 9.90. The van der Waals surface area contributed by atoms with E-state index in [0.717, 1.165) is 42.5 Å². The largest absolute Gasteiger partial charge is 0.477 e. The number of H-pyrrole nitrogens is 1. The van der Waals surface area contributed by atoms with Crippen LogP contribution in [0.1, 0.15) is 52.9 Å². The highest BCUT2D eigenvalue weighted by molar-refractivity contribution is 5.89. The Hall–Kier alpha value is -1.58. The first kappa shape index (κ1) is 11.9. The summed E-state index contributed by atoms with van der Waals surface area (Å²) in [5.74, 6) is -1.11. The van der Waals surface area contributed by atoms with Gasteiger partial charge in [0.2, 0.25) is 0 Å². The van der Waals surface area contributed by atoms with Crippen molar-refractivity contribution in [2.45, 2.75) is 45.4 Å². The number of carboxylic acids is 1. The highest BCUT2D eigenvalue weighted by atomic mass is 16.4. The highest BCUT2D eigenvalue weighted by Crippen LogP contribution is 2.23. The third-order valence-electron chi connectivity index (χ3n) is 3.46. The van der Waals surface area contributed by atoms with Gasteiger partial charge in [0.05, 0.1) is 0 Å². The van der Waals surface area contributed by atoms with Crippen LogP contribution in [0.15, 0.2) is 4.79 Å². The van der Waals surface area contributed by atoms with Crippen molar-refractivity contribution >= 4 is 5.97 Å². The predicted octanol–water partition coefficient (Wildman–Crippen LogP) is 2.04. The molecule has 4 heteroatoms. The van der Waals surface area contributed by atoms with Crippen molar-refractivity contribution in [2.75, 3.05) is 0 Å². The molecule has 0 bridgehead atoms. The fraction of sp³-hybridized carbons (Fsp3) is 0.538. The zero-order valence-corrected chi connectivity index (χ0v) is 10.0. The van der Waals surface area contributed by atoms with Crippen LogP contribution in [0.2, 0.25) is 0 Å². The molecule has 0 atom stereocenters. The number of pyridine rings is 1. The number of hydrogen-bond acceptors (Lipinski definition) is 2. The first-order valence-corrected chi connectivity index (χ1v) is 6.09. The standard InChI is InChI=1S/C13H17NO3/c1-8-9-6-4-2-3-5-7-10(9)11(13(16)17)12(15)14-8/h2-7H2,1H3,(H,14,15)(H,16,17). The summed E-state index contributed by atoms with van der Waals surface area (Å²) in [6, 6.07) is 0. The normalized spacial score (nSPS) is 15.8. The molecule has 1 aliphatic rings. The molecular weight excluding hydrogens is 218 g/mol. The molecule has 1 aliphatic carbocycles. The van der Waals surface area contributed by atoms with Crippen molar-refractivity contribution in [1.29, 1.82) is 0 Å². The summed E-state index contributed by atoms with van der Waals surface area (Å²) in [6.07, 6.45) is 5.92. The third-order valence-corrected chi connectivity index (χ3v) is 3.46. The van der Waals surface area contributed by atoms with Gasteiger partial charge in [0.15, 0.2) is 0 Å². The lowest BCUT2D eigenvalue weighted by Crippen LogP contribution is -2.24. The molecule has 1 heterocycles. The summed E-state index contributed by atoms with van der Waals surface area (Å²) >= 11 is 0. The van der Waals surface area contributed by atoms with E-state index in [1.165, 1.54) is 6.42 Å². The predicted molar refractivity (Wildman–Crippen MR) is 64.6 cm³/mol. The molecule has 0 fully saturated rings. The second-order valence-corrected chi connectivity index (χ2v) is 4.63. The molecule has 0 unspecified atom stereocenters. The van der Waals surface area contributed by atoms with Crippen LogP contribution in [0, 0.1) is 6.92 Å². The van der Waals surface area contributed by atoms with Crippen molar-refractivity contribution in [2.24, 2.45) is 0 Å². The van der Waals surface area contributed by atoms with Crippen LogP contribution in [0.5, 0.6) is 0 Å². The molecular formula is C13H17NO3. The smallest absolute Gasteiger partial charge is 0.341 e. The highest BCUT2D eigenvalue weighted by Gasteiger charge is 2.21. The number of aromatic carboxylic acids is 1. The van der Waals surface area contributed by atoms with Gasteiger partial charge in [-0.2, -0.15) is 0 Å². The average Bonchev–Trinajstić information content (AvgIpc) is 2.19. The summed E-state index contributed by atoms with van der Waals surface area (Å²) in [4.78, 5) is 25.6. The Labute approximate surface area is 99.7 Å². The zero-order valence-electron chi connectivity index (χ0n) is 10.0. The summed E-state index contributed by atoms with van der Waals surface area (Å²) in [5.41, 5.74) is 2.12. The van der Waals surface area contributed by atoms with Gasteiger partial charge in [0.25, 0.3) is 5.56 Å². The summed E-state index contributed by atoms with van der Waals surface area (Å²) < 4.78 is 0. The van der Waals surface area contributed by atoms with E-state index in [1.54, 1.807) is 0 Å². The van der Waals surface area contributed by atoms with Crippen LogP contribution in [-0.2, 0) is 12.8 Å². The molecule has 0 saturated carbocycles. The Morgan fingerprint density at radius 1 is 1.12 bits per heavy atom. The molecule has 0 spiro atoms. The minimum Gasteiger partial charge on any atom is -0.477 e. The molecule has 1 aromatic rings. The van der Waals surface area contributed by atoms with E-state index in [0.29, 0.717) is 6.42 Å². The SMILES string of the molecule is Cc1[nH]c(=O)c(C(=O)O)c2c1CCCCCC2. The fourth-order valence-electron chi connectivity index (χ4n) is 2.62. The van der Waals surface area contributed by atoms with E-state index >= 15 is 0 Å². The number of carboxylic acid groups (broad SMARTS) is 1. The molecule has 17 heavy (non-hydrogen) atoms. The van der Waals surface area contributed by atoms with Gasteiger partial charge in [-0.1, -0.05) is 12.8 Å². The Balaban J connectivity index is 2.64. The van der Waals surface area contributed by atoms with Crippen molar-refractivity contribution in [3.8, 4) is 0 Å². The molecule has 0 saturated heterocycles. The lowest BCUT2D eigenvalue weighted by molar-refractivity contribution is 0.0693. The molecule has 0 amide bonds. The topological polar surface area (TPSA) is 70.2 Å². The Morgan fingerprint density at radius 2 is 1.71 bits per heavy atom. The summed E-state index contributed by atoms with van der Waals surface area (Å²) in [7, 11) is 0. The van der Waals surface area contributed by atoms with Crippen LogP contribution in [0.3, 0.4) is 0 Å². The maximum absolute atomic E-state index is 11.7. The number of hydrogen-bond donors (Lipinski definition) is 2. The number of aromatic nitrogens is 1. The molecule has 1 aromatic heterocycles. The van der Waals surface area contributed by atoms with Crippen LogP contribution in [0.4, 0.5) is 0 Å². The van der Waals surface area contributed by atoms with Crippen LogP contribution in [-0.4, -0.2) is 16.1 Å². The van der Waals surface area contributed by atoms with Gasteiger partial charge in [0, 0.05) is 5.69 Å². The Kier molecular flexibility index (Phi) is 3.31. The number of fused-ring (bicyclic) bond motifs is 1. The van der Waals surface area contributed by atoms with Crippen molar-refractivity contribution in [3.05, 3.63) is 32.7 Å². The van der Waals surface area contributed by atoms with E-state index in [4.69, 9.17) is 5.11 Å². The monoisotopic (exact) mass is 235 g/mol. The Morgan fingerprint density at radius 3 is 2.29 bits per heavy atom. The van der Waals surface area contributed by atoms with Gasteiger partial charge in [0.1, 0.15) is 5.56 Å². The van der Waals surface area contributed by atoms with Gasteiger partial charge in [-0.05, 0) is 43.7 Å². The third kappa shape index (κ3) is 2.25. The second-order valence-electron chi connectivity index (χ2n) is 4.63. The maximum atomic E-state index is 11.7. The molecule has 0 aromatic carbocycles. The van der Waals surface area contributed by atoms with Crippen molar-refractivity contribution in [3.63, 3.8) is 0 Å². The number of aromatic amines is 1. The van der Waals surface area contributed by atoms with E-state index < -0.39 is 11.5 Å². The maximum Gasteiger partial charge on any atom is 0.341 e. The second kappa shape index (κ2) is 4.73. The number of aryl methyl sites for hydroxylation is 1. The van der Waals surface area contributed by atoms with E-state index in [1.807, 2.05) is 6.92 Å². The first-order valence-electron chi connectivity index (χ1n) is 6.09. The molecule has 0 radical (unpaired) electrons. The first-order chi connectivity index (χ1) is 8.11. The fourth-order valence-corrected chi connectivity index (χ4v) is 2.62. The quantitative estimate of drug-likeness (QED) is 0.782. The average molecular weight is 235 g/mol. The van der Waals surface area contributed by atoms with Gasteiger partial charge in [-0.25, -0.2) is 4.79 Å². The summed E-state index contributed by atoms with van der Waals surface area (Å²) in [5, 5.41) is 9.15. The molecule has 2 N–H and O–H groups in total. The number of rotatable bonds is 1. The molecule has 0 aliphatic heterocycles. The van der Waals surface area contributed by atoms with Gasteiger partial charge in [-0.3, -0.25) is 4.79 Å². The van der Waals surface area contributed by atoms with E-state index in [2.05, 4.69) is 4.98 Å². The molecule has 4 nitrogen and oxygen atoms in total. The van der Waals surface area contributed by atoms with Crippen LogP contribution < -0.4 is 5.56 Å². The van der Waals surface area contributed by atoms with Gasteiger partial charge < -0.3 is 10.1 Å². The van der Waals surface area contributed by atoms with Gasteiger partial charge >= 0.3 is 5.97 Å². The Bertz CT molecular complexity index is 502. The van der Waals surface area contributed by atoms with Crippen LogP contribution >= 0.6 is 0 Å². The minimum atomic E-state index is -1.11.